The van der Waals surface area contributed by atoms with E-state index in [0.29, 0.717) is 16.8 Å². The van der Waals surface area contributed by atoms with Gasteiger partial charge in [0.05, 0.1) is 24.2 Å². The molecule has 0 aliphatic carbocycles. The number of terminal acetylenes is 1. The van der Waals surface area contributed by atoms with Crippen molar-refractivity contribution in [2.45, 2.75) is 6.42 Å². The number of amides is 2. The van der Waals surface area contributed by atoms with Gasteiger partial charge in [0.15, 0.2) is 0 Å². The van der Waals surface area contributed by atoms with E-state index in [4.69, 9.17) is 6.42 Å². The van der Waals surface area contributed by atoms with Crippen LogP contribution in [0.1, 0.15) is 15.9 Å². The van der Waals surface area contributed by atoms with Gasteiger partial charge in [0.1, 0.15) is 5.82 Å². The Morgan fingerprint density at radius 1 is 1.09 bits per heavy atom. The van der Waals surface area contributed by atoms with Crippen LogP contribution >= 0.6 is 0 Å². The van der Waals surface area contributed by atoms with E-state index in [9.17, 15) is 14.0 Å². The Balaban J connectivity index is 2.11. The molecule has 2 aromatic rings. The average molecular weight is 310 g/mol. The maximum Gasteiger partial charge on any atom is 0.254 e. The summed E-state index contributed by atoms with van der Waals surface area (Å²) in [5.41, 5.74) is 0.937. The molecule has 2 amide bonds. The fraction of sp³-hybridized carbons (Fsp3) is 0.111. The fourth-order valence-corrected chi connectivity index (χ4v) is 2.03. The minimum Gasteiger partial charge on any atom is -0.341 e. The maximum atomic E-state index is 13.6. The van der Waals surface area contributed by atoms with Gasteiger partial charge in [-0.25, -0.2) is 4.39 Å². The van der Waals surface area contributed by atoms with Gasteiger partial charge in [-0.1, -0.05) is 36.3 Å². The lowest BCUT2D eigenvalue weighted by Crippen LogP contribution is -2.25. The highest BCUT2D eigenvalue weighted by Gasteiger charge is 2.13. The smallest absolute Gasteiger partial charge is 0.254 e. The number of carbonyl (C=O) groups excluding carboxylic acids is 2. The van der Waals surface area contributed by atoms with Crippen LogP contribution in [0.3, 0.4) is 0 Å². The van der Waals surface area contributed by atoms with Crippen molar-refractivity contribution in [1.29, 1.82) is 0 Å². The highest BCUT2D eigenvalue weighted by Crippen LogP contribution is 2.16. The van der Waals surface area contributed by atoms with E-state index in [0.717, 1.165) is 0 Å². The summed E-state index contributed by atoms with van der Waals surface area (Å²) in [6.45, 7) is 0.0936. The first-order valence-electron chi connectivity index (χ1n) is 6.95. The Morgan fingerprint density at radius 3 is 2.52 bits per heavy atom. The van der Waals surface area contributed by atoms with Gasteiger partial charge < -0.3 is 10.6 Å². The van der Waals surface area contributed by atoms with E-state index in [1.165, 1.54) is 6.07 Å². The number of para-hydroxylation sites is 1. The second-order valence-corrected chi connectivity index (χ2v) is 4.75. The summed E-state index contributed by atoms with van der Waals surface area (Å²) < 4.78 is 13.6. The molecule has 0 spiro atoms. The Bertz CT molecular complexity index is 766. The van der Waals surface area contributed by atoms with Crippen molar-refractivity contribution in [3.8, 4) is 12.3 Å². The molecule has 0 saturated heterocycles. The molecule has 0 heterocycles. The molecule has 0 aromatic heterocycles. The molecule has 23 heavy (non-hydrogen) atoms. The second kappa shape index (κ2) is 7.76. The molecule has 0 saturated carbocycles. The number of carbonyl (C=O) groups is 2. The van der Waals surface area contributed by atoms with Gasteiger partial charge in [0.2, 0.25) is 5.91 Å². The van der Waals surface area contributed by atoms with Crippen LogP contribution in [0.15, 0.2) is 48.5 Å². The number of hydrogen-bond acceptors (Lipinski definition) is 2. The zero-order valence-electron chi connectivity index (χ0n) is 12.3. The van der Waals surface area contributed by atoms with Gasteiger partial charge in [0, 0.05) is 0 Å². The van der Waals surface area contributed by atoms with Crippen molar-refractivity contribution in [1.82, 2.24) is 5.32 Å². The first kappa shape index (κ1) is 16.2. The summed E-state index contributed by atoms with van der Waals surface area (Å²) in [4.78, 5) is 24.1. The van der Waals surface area contributed by atoms with Gasteiger partial charge in [-0.3, -0.25) is 9.59 Å². The predicted molar refractivity (Wildman–Crippen MR) is 86.3 cm³/mol. The molecule has 2 rings (SSSR count). The van der Waals surface area contributed by atoms with Crippen molar-refractivity contribution in [3.63, 3.8) is 0 Å². The summed E-state index contributed by atoms with van der Waals surface area (Å²) in [5.74, 6) is 1.07. The van der Waals surface area contributed by atoms with E-state index < -0.39 is 11.7 Å². The van der Waals surface area contributed by atoms with Gasteiger partial charge in [-0.2, -0.15) is 0 Å². The zero-order chi connectivity index (χ0) is 16.7. The summed E-state index contributed by atoms with van der Waals surface area (Å²) in [6.07, 6.45) is 4.99. The molecule has 0 fully saturated rings. The van der Waals surface area contributed by atoms with E-state index in [1.807, 2.05) is 0 Å². The third-order valence-corrected chi connectivity index (χ3v) is 3.11. The monoisotopic (exact) mass is 310 g/mol. The maximum absolute atomic E-state index is 13.6. The van der Waals surface area contributed by atoms with Gasteiger partial charge in [-0.15, -0.1) is 6.42 Å². The van der Waals surface area contributed by atoms with Crippen LogP contribution in [0.4, 0.5) is 10.1 Å². The number of hydrogen-bond donors (Lipinski definition) is 2. The van der Waals surface area contributed by atoms with E-state index in [-0.39, 0.29) is 18.9 Å². The van der Waals surface area contributed by atoms with Gasteiger partial charge in [0.25, 0.3) is 5.91 Å². The Kier molecular flexibility index (Phi) is 5.48. The normalized spacial score (nSPS) is 9.74. The van der Waals surface area contributed by atoms with Crippen molar-refractivity contribution < 1.29 is 14.0 Å². The molecular formula is C18H15FN2O2. The lowest BCUT2D eigenvalue weighted by atomic mass is 10.1. The molecule has 0 atom stereocenters. The van der Waals surface area contributed by atoms with Crippen molar-refractivity contribution >= 4 is 17.5 Å². The third-order valence-electron chi connectivity index (χ3n) is 3.11. The van der Waals surface area contributed by atoms with Crippen LogP contribution < -0.4 is 10.6 Å². The topological polar surface area (TPSA) is 58.2 Å². The molecule has 4 nitrogen and oxygen atoms in total. The molecule has 0 aliphatic rings. The van der Waals surface area contributed by atoms with Crippen LogP contribution in [0.25, 0.3) is 0 Å². The number of benzene rings is 2. The lowest BCUT2D eigenvalue weighted by molar-refractivity contribution is -0.115. The van der Waals surface area contributed by atoms with Gasteiger partial charge in [-0.05, 0) is 23.8 Å². The minimum atomic E-state index is -0.442. The summed E-state index contributed by atoms with van der Waals surface area (Å²) in [7, 11) is 0. The molecule has 2 N–H and O–H groups in total. The van der Waals surface area contributed by atoms with Crippen LogP contribution in [0, 0.1) is 18.2 Å². The summed E-state index contributed by atoms with van der Waals surface area (Å²) in [6, 6.07) is 12.6. The number of halogens is 1. The Hall–Kier alpha value is -3.13. The minimum absolute atomic E-state index is 0.0936. The van der Waals surface area contributed by atoms with Crippen molar-refractivity contribution in [2.75, 3.05) is 11.9 Å². The fourth-order valence-electron chi connectivity index (χ4n) is 2.03. The molecule has 0 aliphatic heterocycles. The lowest BCUT2D eigenvalue weighted by Gasteiger charge is -2.11. The molecule has 2 aromatic carbocycles. The van der Waals surface area contributed by atoms with Crippen LogP contribution in [-0.2, 0) is 11.2 Å². The van der Waals surface area contributed by atoms with E-state index in [1.54, 1.807) is 42.5 Å². The molecule has 116 valence electrons. The van der Waals surface area contributed by atoms with E-state index >= 15 is 0 Å². The highest BCUT2D eigenvalue weighted by molar-refractivity contribution is 6.04. The predicted octanol–water partition coefficient (Wildman–Crippen LogP) is 2.37. The average Bonchev–Trinajstić information content (AvgIpc) is 2.55. The molecular weight excluding hydrogens is 295 g/mol. The standard InChI is InChI=1S/C18H15FN2O2/c1-2-11-20-18(23)14-8-4-6-10-16(14)21-17(22)12-13-7-3-5-9-15(13)19/h1,3-10H,11-12H2,(H,20,23)(H,21,22). The van der Waals surface area contributed by atoms with Crippen LogP contribution in [-0.4, -0.2) is 18.4 Å². The first-order chi connectivity index (χ1) is 11.1. The molecule has 0 bridgehead atoms. The summed E-state index contributed by atoms with van der Waals surface area (Å²) in [5, 5.41) is 5.16. The van der Waals surface area contributed by atoms with Crippen LogP contribution in [0.2, 0.25) is 0 Å². The largest absolute Gasteiger partial charge is 0.341 e. The Morgan fingerprint density at radius 2 is 1.78 bits per heavy atom. The number of anilines is 1. The zero-order valence-corrected chi connectivity index (χ0v) is 12.3. The van der Waals surface area contributed by atoms with Crippen molar-refractivity contribution in [2.24, 2.45) is 0 Å². The highest BCUT2D eigenvalue weighted by atomic mass is 19.1. The number of rotatable bonds is 5. The number of nitrogens with one attached hydrogen (secondary N) is 2. The second-order valence-electron chi connectivity index (χ2n) is 4.75. The molecule has 5 heteroatoms. The molecule has 0 radical (unpaired) electrons. The van der Waals surface area contributed by atoms with Gasteiger partial charge >= 0.3 is 0 Å². The quantitative estimate of drug-likeness (QED) is 0.833. The van der Waals surface area contributed by atoms with E-state index in [2.05, 4.69) is 16.6 Å². The summed E-state index contributed by atoms with van der Waals surface area (Å²) >= 11 is 0. The Labute approximate surface area is 133 Å². The SMILES string of the molecule is C#CCNC(=O)c1ccccc1NC(=O)Cc1ccccc1F. The van der Waals surface area contributed by atoms with Crippen LogP contribution in [0.5, 0.6) is 0 Å². The van der Waals surface area contributed by atoms with Crippen molar-refractivity contribution in [3.05, 3.63) is 65.5 Å². The first-order valence-corrected chi connectivity index (χ1v) is 6.95. The third kappa shape index (κ3) is 4.42. The molecule has 0 unspecified atom stereocenters.